The third-order valence-electron chi connectivity index (χ3n) is 5.23. The quantitative estimate of drug-likeness (QED) is 0.621. The van der Waals surface area contributed by atoms with E-state index >= 15 is 0 Å². The minimum atomic E-state index is 0.0526. The third kappa shape index (κ3) is 4.27. The summed E-state index contributed by atoms with van der Waals surface area (Å²) < 4.78 is 1.84. The maximum absolute atomic E-state index is 13.3. The van der Waals surface area contributed by atoms with Crippen LogP contribution in [-0.2, 0) is 6.54 Å². The molecule has 1 amide bonds. The Balaban J connectivity index is 1.53. The van der Waals surface area contributed by atoms with Crippen molar-refractivity contribution < 1.29 is 4.79 Å². The number of hydrogen-bond donors (Lipinski definition) is 0. The van der Waals surface area contributed by atoms with E-state index in [1.165, 1.54) is 24.0 Å². The first kappa shape index (κ1) is 17.5. The summed E-state index contributed by atoms with van der Waals surface area (Å²) in [5.74, 6) is 0.706. The lowest BCUT2D eigenvalue weighted by atomic mass is 10.1. The lowest BCUT2D eigenvalue weighted by Crippen LogP contribution is -2.35. The molecule has 1 aliphatic carbocycles. The van der Waals surface area contributed by atoms with Crippen molar-refractivity contribution in [3.63, 3.8) is 0 Å². The predicted octanol–water partition coefficient (Wildman–Crippen LogP) is 4.54. The van der Waals surface area contributed by atoms with Crippen molar-refractivity contribution in [2.45, 2.75) is 32.4 Å². The summed E-state index contributed by atoms with van der Waals surface area (Å²) >= 11 is 0. The van der Waals surface area contributed by atoms with Gasteiger partial charge in [0.25, 0.3) is 5.91 Å². The largest absolute Gasteiger partial charge is 0.332 e. The molecule has 0 aliphatic heterocycles. The van der Waals surface area contributed by atoms with Gasteiger partial charge in [-0.25, -0.2) is 0 Å². The van der Waals surface area contributed by atoms with Crippen LogP contribution in [0, 0.1) is 5.92 Å². The van der Waals surface area contributed by atoms with Crippen LogP contribution in [0.1, 0.15) is 47.3 Å². The second-order valence-electron chi connectivity index (χ2n) is 7.40. The highest BCUT2D eigenvalue weighted by Crippen LogP contribution is 2.33. The first-order valence-corrected chi connectivity index (χ1v) is 9.63. The molecule has 0 spiro atoms. The number of hydrogen-bond acceptors (Lipinski definition) is 2. The van der Waals surface area contributed by atoms with Gasteiger partial charge in [0.15, 0.2) is 0 Å². The molecule has 1 unspecified atom stereocenters. The summed E-state index contributed by atoms with van der Waals surface area (Å²) in [6.45, 7) is 3.60. The Morgan fingerprint density at radius 3 is 2.44 bits per heavy atom. The molecule has 27 heavy (non-hydrogen) atoms. The second-order valence-corrected chi connectivity index (χ2v) is 7.40. The fourth-order valence-electron chi connectivity index (χ4n) is 3.40. The molecule has 4 rings (SSSR count). The monoisotopic (exact) mass is 359 g/mol. The molecule has 1 heterocycles. The van der Waals surface area contributed by atoms with Crippen LogP contribution >= 0.6 is 0 Å². The van der Waals surface area contributed by atoms with Gasteiger partial charge in [-0.2, -0.15) is 5.10 Å². The van der Waals surface area contributed by atoms with E-state index in [2.05, 4.69) is 36.3 Å². The summed E-state index contributed by atoms with van der Waals surface area (Å²) in [5, 5.41) is 4.41. The van der Waals surface area contributed by atoms with Gasteiger partial charge >= 0.3 is 0 Å². The Morgan fingerprint density at radius 2 is 1.78 bits per heavy atom. The Kier molecular flexibility index (Phi) is 5.05. The van der Waals surface area contributed by atoms with Crippen molar-refractivity contribution in [3.8, 4) is 0 Å². The minimum Gasteiger partial charge on any atom is -0.332 e. The van der Waals surface area contributed by atoms with Crippen LogP contribution < -0.4 is 0 Å². The molecule has 4 nitrogen and oxygen atoms in total. The zero-order valence-electron chi connectivity index (χ0n) is 15.7. The van der Waals surface area contributed by atoms with Gasteiger partial charge in [0, 0.05) is 12.7 Å². The summed E-state index contributed by atoms with van der Waals surface area (Å²) in [5.41, 5.74) is 3.00. The van der Waals surface area contributed by atoms with Crippen molar-refractivity contribution in [1.82, 2.24) is 14.7 Å². The number of rotatable bonds is 7. The third-order valence-corrected chi connectivity index (χ3v) is 5.23. The molecule has 0 N–H and O–H groups in total. The number of carbonyl (C=O) groups is 1. The highest BCUT2D eigenvalue weighted by molar-refractivity contribution is 5.94. The molecule has 1 atom stereocenters. The topological polar surface area (TPSA) is 38.1 Å². The van der Waals surface area contributed by atoms with Crippen LogP contribution in [0.3, 0.4) is 0 Å². The second kappa shape index (κ2) is 7.78. The fourth-order valence-corrected chi connectivity index (χ4v) is 3.40. The highest BCUT2D eigenvalue weighted by Gasteiger charge is 2.31. The molecule has 2 aromatic carbocycles. The van der Waals surface area contributed by atoms with E-state index in [1.54, 1.807) is 6.20 Å². The molecule has 1 saturated carbocycles. The summed E-state index contributed by atoms with van der Waals surface area (Å²) in [6, 6.07) is 20.5. The van der Waals surface area contributed by atoms with Crippen LogP contribution in [0.25, 0.3) is 0 Å². The summed E-state index contributed by atoms with van der Waals surface area (Å²) in [7, 11) is 0. The average Bonchev–Trinajstić information content (AvgIpc) is 3.42. The van der Waals surface area contributed by atoms with Gasteiger partial charge in [0.1, 0.15) is 0 Å². The minimum absolute atomic E-state index is 0.0526. The normalized spacial score (nSPS) is 14.7. The van der Waals surface area contributed by atoms with Crippen molar-refractivity contribution in [2.75, 3.05) is 6.54 Å². The van der Waals surface area contributed by atoms with E-state index in [4.69, 9.17) is 0 Å². The van der Waals surface area contributed by atoms with E-state index in [9.17, 15) is 4.79 Å². The number of carbonyl (C=O) groups excluding carboxylic acids is 1. The lowest BCUT2D eigenvalue weighted by Gasteiger charge is -2.29. The molecule has 0 bridgehead atoms. The molecule has 138 valence electrons. The van der Waals surface area contributed by atoms with E-state index < -0.39 is 0 Å². The van der Waals surface area contributed by atoms with Crippen molar-refractivity contribution in [1.29, 1.82) is 0 Å². The predicted molar refractivity (Wildman–Crippen MR) is 106 cm³/mol. The molecular formula is C23H25N3O. The van der Waals surface area contributed by atoms with E-state index in [0.29, 0.717) is 18.0 Å². The van der Waals surface area contributed by atoms with Gasteiger partial charge in [-0.05, 0) is 36.8 Å². The smallest absolute Gasteiger partial charge is 0.257 e. The van der Waals surface area contributed by atoms with Crippen molar-refractivity contribution >= 4 is 5.91 Å². The van der Waals surface area contributed by atoms with Crippen LogP contribution in [0.4, 0.5) is 0 Å². The SMILES string of the molecule is CC(c1ccccc1)N(CC1CC1)C(=O)c1cnn(Cc2ccccc2)c1. The van der Waals surface area contributed by atoms with E-state index in [0.717, 1.165) is 6.54 Å². The highest BCUT2D eigenvalue weighted by atomic mass is 16.2. The van der Waals surface area contributed by atoms with Crippen molar-refractivity contribution in [3.05, 3.63) is 89.7 Å². The molecular weight excluding hydrogens is 334 g/mol. The van der Waals surface area contributed by atoms with Crippen LogP contribution in [-0.4, -0.2) is 27.1 Å². The zero-order valence-corrected chi connectivity index (χ0v) is 15.7. The molecule has 1 aliphatic rings. The molecule has 1 fully saturated rings. The van der Waals surface area contributed by atoms with Crippen LogP contribution in [0.15, 0.2) is 73.1 Å². The van der Waals surface area contributed by atoms with Gasteiger partial charge in [-0.1, -0.05) is 60.7 Å². The maximum atomic E-state index is 13.3. The average molecular weight is 359 g/mol. The zero-order chi connectivity index (χ0) is 18.6. The van der Waals surface area contributed by atoms with Gasteiger partial charge in [-0.15, -0.1) is 0 Å². The van der Waals surface area contributed by atoms with Gasteiger partial charge in [-0.3, -0.25) is 9.48 Å². The van der Waals surface area contributed by atoms with Gasteiger partial charge in [0.05, 0.1) is 24.3 Å². The first-order valence-electron chi connectivity index (χ1n) is 9.63. The summed E-state index contributed by atoms with van der Waals surface area (Å²) in [4.78, 5) is 15.3. The number of nitrogens with zero attached hydrogens (tertiary/aromatic N) is 3. The Hall–Kier alpha value is -2.88. The van der Waals surface area contributed by atoms with Crippen LogP contribution in [0.5, 0.6) is 0 Å². The van der Waals surface area contributed by atoms with E-state index in [-0.39, 0.29) is 11.9 Å². The molecule has 1 aromatic heterocycles. The number of amides is 1. The van der Waals surface area contributed by atoms with E-state index in [1.807, 2.05) is 52.2 Å². The molecule has 0 saturated heterocycles. The Labute approximate surface area is 160 Å². The Morgan fingerprint density at radius 1 is 1.11 bits per heavy atom. The fraction of sp³-hybridized carbons (Fsp3) is 0.304. The van der Waals surface area contributed by atoms with Gasteiger partial charge in [0.2, 0.25) is 0 Å². The van der Waals surface area contributed by atoms with Crippen molar-refractivity contribution in [2.24, 2.45) is 5.92 Å². The molecule has 4 heteroatoms. The van der Waals surface area contributed by atoms with Gasteiger partial charge < -0.3 is 4.90 Å². The van der Waals surface area contributed by atoms with Crippen LogP contribution in [0.2, 0.25) is 0 Å². The Bertz CT molecular complexity index is 884. The first-order chi connectivity index (χ1) is 13.2. The standard InChI is InChI=1S/C23H25N3O/c1-18(21-10-6-3-7-11-21)26(16-20-12-13-20)23(27)22-14-24-25(17-22)15-19-8-4-2-5-9-19/h2-11,14,17-18,20H,12-13,15-16H2,1H3. The maximum Gasteiger partial charge on any atom is 0.257 e. The lowest BCUT2D eigenvalue weighted by molar-refractivity contribution is 0.0680. The summed E-state index contributed by atoms with van der Waals surface area (Å²) in [6.07, 6.45) is 6.01. The molecule has 3 aromatic rings. The number of aromatic nitrogens is 2. The molecule has 0 radical (unpaired) electrons. The number of benzene rings is 2.